The van der Waals surface area contributed by atoms with Crippen LogP contribution >= 0.6 is 0 Å². The van der Waals surface area contributed by atoms with E-state index in [4.69, 9.17) is 0 Å². The van der Waals surface area contributed by atoms with Crippen LogP contribution in [-0.4, -0.2) is 18.5 Å². The molecular formula is C11H10FN3O5S. The van der Waals surface area contributed by atoms with E-state index in [0.29, 0.717) is 11.8 Å². The van der Waals surface area contributed by atoms with Crippen molar-refractivity contribution in [2.75, 3.05) is 0 Å². The third-order valence-corrected chi connectivity index (χ3v) is 4.03. The number of hydrogen-bond acceptors (Lipinski definition) is 6. The summed E-state index contributed by atoms with van der Waals surface area (Å²) in [5.41, 5.74) is -0.685. The molecular weight excluding hydrogens is 305 g/mol. The summed E-state index contributed by atoms with van der Waals surface area (Å²) < 4.78 is 44.4. The molecule has 0 bridgehead atoms. The summed E-state index contributed by atoms with van der Waals surface area (Å²) in [7, 11) is -4.03. The Labute approximate surface area is 118 Å². The first-order chi connectivity index (χ1) is 9.81. The third-order valence-electron chi connectivity index (χ3n) is 2.65. The van der Waals surface area contributed by atoms with E-state index >= 15 is 0 Å². The number of hydrogen-bond donors (Lipinski definition) is 1. The largest absolute Gasteiger partial charge is 0.364 e. The molecule has 112 valence electrons. The van der Waals surface area contributed by atoms with Crippen LogP contribution in [0, 0.1) is 22.9 Å². The Morgan fingerprint density at radius 2 is 2.19 bits per heavy atom. The van der Waals surface area contributed by atoms with Gasteiger partial charge < -0.3 is 4.52 Å². The molecule has 0 saturated heterocycles. The Hall–Kier alpha value is -2.33. The van der Waals surface area contributed by atoms with E-state index in [0.717, 1.165) is 6.07 Å². The van der Waals surface area contributed by atoms with E-state index in [1.807, 2.05) is 0 Å². The maximum absolute atomic E-state index is 13.6. The number of nitro groups is 1. The summed E-state index contributed by atoms with van der Waals surface area (Å²) in [4.78, 5) is 9.36. The van der Waals surface area contributed by atoms with Crippen molar-refractivity contribution in [2.24, 2.45) is 0 Å². The summed E-state index contributed by atoms with van der Waals surface area (Å²) in [6, 6.07) is 3.15. The van der Waals surface area contributed by atoms with Crippen molar-refractivity contribution in [3.63, 3.8) is 0 Å². The van der Waals surface area contributed by atoms with Crippen molar-refractivity contribution < 1.29 is 22.3 Å². The Kier molecular flexibility index (Phi) is 4.00. The summed E-state index contributed by atoms with van der Waals surface area (Å²) in [5.74, 6) is -1.06. The van der Waals surface area contributed by atoms with Crippen molar-refractivity contribution in [2.45, 2.75) is 18.4 Å². The molecule has 1 aromatic carbocycles. The van der Waals surface area contributed by atoms with Crippen molar-refractivity contribution >= 4 is 15.7 Å². The van der Waals surface area contributed by atoms with Crippen molar-refractivity contribution in [1.82, 2.24) is 9.88 Å². The summed E-state index contributed by atoms with van der Waals surface area (Å²) in [5, 5.41) is 14.2. The quantitative estimate of drug-likeness (QED) is 0.660. The third kappa shape index (κ3) is 3.23. The first kappa shape index (κ1) is 15.1. The Morgan fingerprint density at radius 1 is 1.48 bits per heavy atom. The highest BCUT2D eigenvalue weighted by Crippen LogP contribution is 2.25. The number of sulfonamides is 1. The lowest BCUT2D eigenvalue weighted by molar-refractivity contribution is -0.387. The number of rotatable bonds is 5. The highest BCUT2D eigenvalue weighted by molar-refractivity contribution is 7.89. The molecule has 0 spiro atoms. The van der Waals surface area contributed by atoms with Gasteiger partial charge in [0, 0.05) is 12.1 Å². The van der Waals surface area contributed by atoms with E-state index in [2.05, 4.69) is 14.4 Å². The summed E-state index contributed by atoms with van der Waals surface area (Å²) >= 11 is 0. The molecule has 0 aliphatic heterocycles. The molecule has 0 fully saturated rings. The van der Waals surface area contributed by atoms with Gasteiger partial charge in [0.05, 0.1) is 22.1 Å². The molecule has 0 amide bonds. The Morgan fingerprint density at radius 3 is 2.76 bits per heavy atom. The number of halogens is 1. The molecule has 2 rings (SSSR count). The minimum atomic E-state index is -4.03. The molecule has 21 heavy (non-hydrogen) atoms. The Balaban J connectivity index is 2.33. The predicted molar refractivity (Wildman–Crippen MR) is 68.3 cm³/mol. The molecule has 1 heterocycles. The molecule has 0 unspecified atom stereocenters. The Bertz CT molecular complexity index is 773. The van der Waals surface area contributed by atoms with Gasteiger partial charge in [0.1, 0.15) is 6.26 Å². The fourth-order valence-corrected chi connectivity index (χ4v) is 2.69. The molecule has 0 aliphatic carbocycles. The normalized spacial score (nSPS) is 11.5. The first-order valence-electron chi connectivity index (χ1n) is 5.65. The van der Waals surface area contributed by atoms with Crippen LogP contribution in [0.3, 0.4) is 0 Å². The maximum Gasteiger partial charge on any atom is 0.306 e. The number of aryl methyl sites for hydroxylation is 1. The molecule has 0 saturated carbocycles. The van der Waals surface area contributed by atoms with Gasteiger partial charge in [0.25, 0.3) is 0 Å². The van der Waals surface area contributed by atoms with Crippen molar-refractivity contribution in [3.05, 3.63) is 51.7 Å². The van der Waals surface area contributed by atoms with Gasteiger partial charge in [0.2, 0.25) is 15.8 Å². The first-order valence-corrected chi connectivity index (χ1v) is 7.13. The molecule has 1 aromatic heterocycles. The molecule has 10 heteroatoms. The van der Waals surface area contributed by atoms with Gasteiger partial charge in [-0.3, -0.25) is 10.1 Å². The van der Waals surface area contributed by atoms with E-state index < -0.39 is 31.3 Å². The number of nitrogens with zero attached hydrogens (tertiary/aromatic N) is 2. The van der Waals surface area contributed by atoms with Crippen LogP contribution in [-0.2, 0) is 16.6 Å². The average molecular weight is 315 g/mol. The van der Waals surface area contributed by atoms with Crippen LogP contribution in [0.4, 0.5) is 10.1 Å². The predicted octanol–water partition coefficient (Wildman–Crippen LogP) is 1.51. The monoisotopic (exact) mass is 315 g/mol. The molecule has 2 aromatic rings. The number of benzene rings is 1. The molecule has 0 radical (unpaired) electrons. The molecule has 8 nitrogen and oxygen atoms in total. The van der Waals surface area contributed by atoms with E-state index in [-0.39, 0.29) is 12.1 Å². The zero-order valence-corrected chi connectivity index (χ0v) is 11.6. The van der Waals surface area contributed by atoms with E-state index in [9.17, 15) is 22.9 Å². The van der Waals surface area contributed by atoms with E-state index in [1.54, 1.807) is 0 Å². The maximum atomic E-state index is 13.6. The number of nitrogens with one attached hydrogen (secondary N) is 1. The second-order valence-corrected chi connectivity index (χ2v) is 5.91. The van der Waals surface area contributed by atoms with E-state index in [1.165, 1.54) is 19.3 Å². The lowest BCUT2D eigenvalue weighted by Gasteiger charge is -2.07. The van der Waals surface area contributed by atoms with Crippen LogP contribution in [0.25, 0.3) is 0 Å². The van der Waals surface area contributed by atoms with Gasteiger partial charge >= 0.3 is 5.69 Å². The molecule has 0 atom stereocenters. The SMILES string of the molecule is Cc1cc(S(=O)(=O)NCc2ccon2)cc([N+](=O)[O-])c1F. The van der Waals surface area contributed by atoms with Gasteiger partial charge in [0.15, 0.2) is 0 Å². The van der Waals surface area contributed by atoms with Gasteiger partial charge in [-0.25, -0.2) is 13.1 Å². The lowest BCUT2D eigenvalue weighted by Crippen LogP contribution is -2.23. The molecule has 0 aliphatic rings. The van der Waals surface area contributed by atoms with Gasteiger partial charge in [-0.1, -0.05) is 5.16 Å². The van der Waals surface area contributed by atoms with Crippen LogP contribution in [0.2, 0.25) is 0 Å². The fraction of sp³-hybridized carbons (Fsp3) is 0.182. The molecule has 1 N–H and O–H groups in total. The summed E-state index contributed by atoms with van der Waals surface area (Å²) in [6.45, 7) is 1.10. The van der Waals surface area contributed by atoms with Gasteiger partial charge in [-0.05, 0) is 18.6 Å². The topological polar surface area (TPSA) is 115 Å². The number of aromatic nitrogens is 1. The van der Waals surface area contributed by atoms with Crippen LogP contribution in [0.1, 0.15) is 11.3 Å². The minimum absolute atomic E-state index is 0.133. The number of nitro benzene ring substituents is 1. The van der Waals surface area contributed by atoms with Crippen LogP contribution in [0.15, 0.2) is 33.9 Å². The van der Waals surface area contributed by atoms with Crippen molar-refractivity contribution in [3.8, 4) is 0 Å². The second kappa shape index (κ2) is 5.58. The zero-order valence-electron chi connectivity index (χ0n) is 10.7. The van der Waals surface area contributed by atoms with Crippen LogP contribution in [0.5, 0.6) is 0 Å². The fourth-order valence-electron chi connectivity index (χ4n) is 1.59. The standard InChI is InChI=1S/C11H10FN3O5S/c1-7-4-9(5-10(11(7)12)15(16)17)21(18,19)13-6-8-2-3-20-14-8/h2-5,13H,6H2,1H3. The lowest BCUT2D eigenvalue weighted by atomic mass is 10.2. The van der Waals surface area contributed by atoms with Crippen molar-refractivity contribution in [1.29, 1.82) is 0 Å². The average Bonchev–Trinajstić information content (AvgIpc) is 2.92. The second-order valence-electron chi connectivity index (χ2n) is 4.15. The highest BCUT2D eigenvalue weighted by Gasteiger charge is 2.23. The van der Waals surface area contributed by atoms with Crippen LogP contribution < -0.4 is 4.72 Å². The smallest absolute Gasteiger partial charge is 0.306 e. The summed E-state index contributed by atoms with van der Waals surface area (Å²) in [6.07, 6.45) is 1.27. The highest BCUT2D eigenvalue weighted by atomic mass is 32.2. The minimum Gasteiger partial charge on any atom is -0.364 e. The zero-order chi connectivity index (χ0) is 15.6. The van der Waals surface area contributed by atoms with Gasteiger partial charge in [-0.2, -0.15) is 4.39 Å². The van der Waals surface area contributed by atoms with Gasteiger partial charge in [-0.15, -0.1) is 0 Å².